The number of carbonyl (C=O) groups excluding carboxylic acids is 3. The Balaban J connectivity index is 1.41. The molecule has 4 rings (SSSR count). The van der Waals surface area contributed by atoms with E-state index < -0.39 is 5.97 Å². The average molecular weight is 354 g/mol. The first kappa shape index (κ1) is 16.5. The van der Waals surface area contributed by atoms with Gasteiger partial charge in [-0.2, -0.15) is 10.1 Å². The van der Waals surface area contributed by atoms with Crippen molar-refractivity contribution >= 4 is 24.0 Å². The molecular formula is C19H18N2O5. The fourth-order valence-corrected chi connectivity index (χ4v) is 3.98. The monoisotopic (exact) mass is 354 g/mol. The van der Waals surface area contributed by atoms with E-state index in [2.05, 4.69) is 22.0 Å². The van der Waals surface area contributed by atoms with Gasteiger partial charge in [0.25, 0.3) is 11.8 Å². The van der Waals surface area contributed by atoms with Gasteiger partial charge in [0, 0.05) is 0 Å². The summed E-state index contributed by atoms with van der Waals surface area (Å²) in [5.74, 6) is -0.501. The number of ether oxygens (including phenoxy) is 2. The number of hydrogen-bond acceptors (Lipinski definition) is 6. The summed E-state index contributed by atoms with van der Waals surface area (Å²) in [6.45, 7) is -0.167. The van der Waals surface area contributed by atoms with Crippen LogP contribution >= 0.6 is 0 Å². The van der Waals surface area contributed by atoms with E-state index in [0.29, 0.717) is 11.3 Å². The van der Waals surface area contributed by atoms with Crippen LogP contribution in [0.15, 0.2) is 41.5 Å². The molecule has 0 unspecified atom stereocenters. The SMILES string of the molecule is COC(=O)COc1ccc(/C=N\N2C(=O)[C@@H]3[C@@H](C2=O)[C@@H]2C=C[C@@H]3C2)cc1. The van der Waals surface area contributed by atoms with Gasteiger partial charge in [0.15, 0.2) is 6.61 Å². The van der Waals surface area contributed by atoms with Crippen molar-refractivity contribution in [1.82, 2.24) is 5.01 Å². The molecule has 0 radical (unpaired) electrons. The lowest BCUT2D eigenvalue weighted by Crippen LogP contribution is -2.28. The second-order valence-corrected chi connectivity index (χ2v) is 6.67. The van der Waals surface area contributed by atoms with Crippen LogP contribution in [0.3, 0.4) is 0 Å². The zero-order valence-corrected chi connectivity index (χ0v) is 14.2. The Morgan fingerprint density at radius 2 is 1.77 bits per heavy atom. The highest BCUT2D eigenvalue weighted by molar-refractivity contribution is 6.06. The molecule has 134 valence electrons. The number of esters is 1. The molecule has 1 aliphatic heterocycles. The first-order valence-corrected chi connectivity index (χ1v) is 8.48. The lowest BCUT2D eigenvalue weighted by molar-refractivity contribution is -0.143. The summed E-state index contributed by atoms with van der Waals surface area (Å²) in [4.78, 5) is 36.1. The van der Waals surface area contributed by atoms with Gasteiger partial charge < -0.3 is 9.47 Å². The summed E-state index contributed by atoms with van der Waals surface area (Å²) in [6, 6.07) is 6.81. The molecule has 1 aromatic carbocycles. The molecule has 4 atom stereocenters. The van der Waals surface area contributed by atoms with Crippen molar-refractivity contribution in [3.8, 4) is 5.75 Å². The van der Waals surface area contributed by atoms with Crippen molar-refractivity contribution in [2.75, 3.05) is 13.7 Å². The topological polar surface area (TPSA) is 85.3 Å². The Labute approximate surface area is 150 Å². The normalized spacial score (nSPS) is 28.9. The van der Waals surface area contributed by atoms with Crippen molar-refractivity contribution in [1.29, 1.82) is 0 Å². The summed E-state index contributed by atoms with van der Waals surface area (Å²) in [6.07, 6.45) is 6.49. The summed E-state index contributed by atoms with van der Waals surface area (Å²) >= 11 is 0. The summed E-state index contributed by atoms with van der Waals surface area (Å²) in [5, 5.41) is 5.14. The largest absolute Gasteiger partial charge is 0.482 e. The highest BCUT2D eigenvalue weighted by Crippen LogP contribution is 2.52. The van der Waals surface area contributed by atoms with Crippen LogP contribution < -0.4 is 4.74 Å². The molecule has 0 spiro atoms. The molecule has 1 aromatic rings. The van der Waals surface area contributed by atoms with Crippen LogP contribution in [0.4, 0.5) is 0 Å². The van der Waals surface area contributed by atoms with Gasteiger partial charge in [-0.3, -0.25) is 9.59 Å². The first-order valence-electron chi connectivity index (χ1n) is 8.48. The highest BCUT2D eigenvalue weighted by atomic mass is 16.6. The van der Waals surface area contributed by atoms with E-state index >= 15 is 0 Å². The zero-order chi connectivity index (χ0) is 18.3. The van der Waals surface area contributed by atoms with E-state index in [4.69, 9.17) is 4.74 Å². The number of hydrogen-bond donors (Lipinski definition) is 0. The van der Waals surface area contributed by atoms with Gasteiger partial charge >= 0.3 is 5.97 Å². The number of imide groups is 1. The van der Waals surface area contributed by atoms with Gasteiger partial charge in [0.1, 0.15) is 5.75 Å². The number of rotatable bonds is 5. The Morgan fingerprint density at radius 3 is 2.35 bits per heavy atom. The molecule has 2 amide bonds. The van der Waals surface area contributed by atoms with Crippen molar-refractivity contribution in [3.05, 3.63) is 42.0 Å². The minimum atomic E-state index is -0.462. The maximum absolute atomic E-state index is 12.5. The van der Waals surface area contributed by atoms with Crippen molar-refractivity contribution < 1.29 is 23.9 Å². The fraction of sp³-hybridized carbons (Fsp3) is 0.368. The lowest BCUT2D eigenvalue weighted by Gasteiger charge is -2.13. The van der Waals surface area contributed by atoms with E-state index in [1.165, 1.54) is 13.3 Å². The van der Waals surface area contributed by atoms with Crippen LogP contribution in [-0.2, 0) is 19.1 Å². The molecule has 3 aliphatic rings. The zero-order valence-electron chi connectivity index (χ0n) is 14.2. The van der Waals surface area contributed by atoms with Crippen LogP contribution in [0.25, 0.3) is 0 Å². The second-order valence-electron chi connectivity index (χ2n) is 6.67. The van der Waals surface area contributed by atoms with Gasteiger partial charge in [0.05, 0.1) is 25.2 Å². The first-order chi connectivity index (χ1) is 12.6. The molecule has 7 heteroatoms. The standard InChI is InChI=1S/C19H18N2O5/c1-25-15(22)10-26-14-6-2-11(3-7-14)9-20-21-18(23)16-12-4-5-13(8-12)17(16)19(21)24/h2-7,9,12-13,16-17H,8,10H2,1H3/b20-9-/t12-,13-,16+,17+/m1/s1. The lowest BCUT2D eigenvalue weighted by atomic mass is 9.85. The van der Waals surface area contributed by atoms with Crippen molar-refractivity contribution in [2.24, 2.45) is 28.8 Å². The van der Waals surface area contributed by atoms with E-state index in [-0.39, 0.29) is 42.1 Å². The molecule has 0 aromatic heterocycles. The Morgan fingerprint density at radius 1 is 1.15 bits per heavy atom. The third-order valence-electron chi connectivity index (χ3n) is 5.23. The molecule has 0 N–H and O–H groups in total. The van der Waals surface area contributed by atoms with E-state index in [1.54, 1.807) is 24.3 Å². The van der Waals surface area contributed by atoms with Crippen molar-refractivity contribution in [3.63, 3.8) is 0 Å². The Kier molecular flexibility index (Phi) is 4.06. The Hall–Kier alpha value is -2.96. The highest BCUT2D eigenvalue weighted by Gasteiger charge is 2.59. The minimum Gasteiger partial charge on any atom is -0.482 e. The molecule has 1 saturated carbocycles. The minimum absolute atomic E-state index is 0.167. The number of allylic oxidation sites excluding steroid dienone is 2. The van der Waals surface area contributed by atoms with Crippen molar-refractivity contribution in [2.45, 2.75) is 6.42 Å². The molecule has 2 fully saturated rings. The van der Waals surface area contributed by atoms with Crippen LogP contribution in [0.5, 0.6) is 5.75 Å². The number of amides is 2. The van der Waals surface area contributed by atoms with Gasteiger partial charge in [-0.05, 0) is 48.1 Å². The molecule has 1 heterocycles. The van der Waals surface area contributed by atoms with E-state index in [0.717, 1.165) is 11.4 Å². The smallest absolute Gasteiger partial charge is 0.343 e. The van der Waals surface area contributed by atoms with Gasteiger partial charge in [-0.15, -0.1) is 0 Å². The number of fused-ring (bicyclic) bond motifs is 5. The maximum Gasteiger partial charge on any atom is 0.343 e. The number of hydrazone groups is 1. The summed E-state index contributed by atoms with van der Waals surface area (Å²) in [5.41, 5.74) is 0.717. The maximum atomic E-state index is 12.5. The number of carbonyl (C=O) groups is 3. The van der Waals surface area contributed by atoms with Gasteiger partial charge in [-0.1, -0.05) is 12.2 Å². The van der Waals surface area contributed by atoms with E-state index in [9.17, 15) is 14.4 Å². The molecule has 26 heavy (non-hydrogen) atoms. The number of methoxy groups -OCH3 is 1. The third kappa shape index (κ3) is 2.69. The third-order valence-corrected chi connectivity index (χ3v) is 5.23. The second kappa shape index (κ2) is 6.40. The molecule has 7 nitrogen and oxygen atoms in total. The molecule has 2 bridgehead atoms. The fourth-order valence-electron chi connectivity index (χ4n) is 3.98. The van der Waals surface area contributed by atoms with Crippen LogP contribution in [-0.4, -0.2) is 42.7 Å². The molecular weight excluding hydrogens is 336 g/mol. The molecule has 2 aliphatic carbocycles. The predicted molar refractivity (Wildman–Crippen MR) is 91.1 cm³/mol. The van der Waals surface area contributed by atoms with Gasteiger partial charge in [-0.25, -0.2) is 4.79 Å². The molecule has 1 saturated heterocycles. The van der Waals surface area contributed by atoms with Crippen LogP contribution in [0.1, 0.15) is 12.0 Å². The van der Waals surface area contributed by atoms with Gasteiger partial charge in [0.2, 0.25) is 0 Å². The summed E-state index contributed by atoms with van der Waals surface area (Å²) < 4.78 is 9.77. The van der Waals surface area contributed by atoms with E-state index in [1.807, 2.05) is 0 Å². The number of benzene rings is 1. The quantitative estimate of drug-likeness (QED) is 0.345. The van der Waals surface area contributed by atoms with Crippen LogP contribution in [0, 0.1) is 23.7 Å². The summed E-state index contributed by atoms with van der Waals surface area (Å²) in [7, 11) is 1.29. The predicted octanol–water partition coefficient (Wildman–Crippen LogP) is 1.38. The average Bonchev–Trinajstić information content (AvgIpc) is 3.33. The number of nitrogens with zero attached hydrogens (tertiary/aromatic N) is 2. The van der Waals surface area contributed by atoms with Crippen LogP contribution in [0.2, 0.25) is 0 Å². The Bertz CT molecular complexity index is 784.